The SMILES string of the molecule is CC1CN(C(=O)c2ccccc2F)CCO1. The van der Waals surface area contributed by atoms with Crippen LogP contribution in [0.4, 0.5) is 4.39 Å². The summed E-state index contributed by atoms with van der Waals surface area (Å²) in [5.74, 6) is -0.722. The van der Waals surface area contributed by atoms with Crippen LogP contribution in [0.3, 0.4) is 0 Å². The van der Waals surface area contributed by atoms with Crippen LogP contribution in [0, 0.1) is 5.82 Å². The Bertz CT molecular complexity index is 394. The minimum absolute atomic E-state index is 0.0180. The maximum Gasteiger partial charge on any atom is 0.256 e. The van der Waals surface area contributed by atoms with Crippen LogP contribution in [-0.2, 0) is 4.74 Å². The van der Waals surface area contributed by atoms with E-state index in [4.69, 9.17) is 4.74 Å². The molecule has 1 heterocycles. The summed E-state index contributed by atoms with van der Waals surface area (Å²) >= 11 is 0. The van der Waals surface area contributed by atoms with Gasteiger partial charge in [0.05, 0.1) is 18.3 Å². The first-order chi connectivity index (χ1) is 7.68. The van der Waals surface area contributed by atoms with Gasteiger partial charge in [0.1, 0.15) is 5.82 Å². The summed E-state index contributed by atoms with van der Waals surface area (Å²) in [4.78, 5) is 13.6. The van der Waals surface area contributed by atoms with Crippen LogP contribution in [-0.4, -0.2) is 36.6 Å². The number of nitrogens with zero attached hydrogens (tertiary/aromatic N) is 1. The summed E-state index contributed by atoms with van der Waals surface area (Å²) in [6.45, 7) is 3.47. The fourth-order valence-corrected chi connectivity index (χ4v) is 1.81. The van der Waals surface area contributed by atoms with Crippen molar-refractivity contribution in [2.24, 2.45) is 0 Å². The third-order valence-electron chi connectivity index (χ3n) is 2.63. The third kappa shape index (κ3) is 2.22. The van der Waals surface area contributed by atoms with E-state index in [2.05, 4.69) is 0 Å². The predicted octanol–water partition coefficient (Wildman–Crippen LogP) is 1.69. The molecular weight excluding hydrogens is 209 g/mol. The molecule has 86 valence electrons. The van der Waals surface area contributed by atoms with E-state index in [0.717, 1.165) is 0 Å². The molecule has 0 aliphatic carbocycles. The highest BCUT2D eigenvalue weighted by atomic mass is 19.1. The Kier molecular flexibility index (Phi) is 3.19. The summed E-state index contributed by atoms with van der Waals surface area (Å²) in [7, 11) is 0. The second-order valence-electron chi connectivity index (χ2n) is 3.91. The molecule has 1 fully saturated rings. The summed E-state index contributed by atoms with van der Waals surface area (Å²) in [6.07, 6.45) is 0.0180. The van der Waals surface area contributed by atoms with Crippen LogP contribution in [0.15, 0.2) is 24.3 Å². The van der Waals surface area contributed by atoms with Gasteiger partial charge in [0, 0.05) is 13.1 Å². The quantitative estimate of drug-likeness (QED) is 0.725. The van der Waals surface area contributed by atoms with Gasteiger partial charge in [-0.05, 0) is 19.1 Å². The molecule has 0 spiro atoms. The van der Waals surface area contributed by atoms with Crippen molar-refractivity contribution in [2.75, 3.05) is 19.7 Å². The van der Waals surface area contributed by atoms with Crippen molar-refractivity contribution < 1.29 is 13.9 Å². The number of benzene rings is 1. The summed E-state index contributed by atoms with van der Waals surface area (Å²) in [5, 5.41) is 0. The van der Waals surface area contributed by atoms with Gasteiger partial charge < -0.3 is 9.64 Å². The molecule has 1 aromatic rings. The Labute approximate surface area is 93.8 Å². The molecule has 1 unspecified atom stereocenters. The van der Waals surface area contributed by atoms with Gasteiger partial charge in [-0.1, -0.05) is 12.1 Å². The molecule has 1 amide bonds. The molecule has 4 heteroatoms. The first-order valence-corrected chi connectivity index (χ1v) is 5.34. The zero-order chi connectivity index (χ0) is 11.5. The molecule has 1 aliphatic rings. The lowest BCUT2D eigenvalue weighted by Crippen LogP contribution is -2.44. The van der Waals surface area contributed by atoms with E-state index in [-0.39, 0.29) is 17.6 Å². The van der Waals surface area contributed by atoms with E-state index in [1.54, 1.807) is 17.0 Å². The third-order valence-corrected chi connectivity index (χ3v) is 2.63. The predicted molar refractivity (Wildman–Crippen MR) is 57.7 cm³/mol. The van der Waals surface area contributed by atoms with Crippen molar-refractivity contribution in [3.63, 3.8) is 0 Å². The fraction of sp³-hybridized carbons (Fsp3) is 0.417. The van der Waals surface area contributed by atoms with Gasteiger partial charge in [-0.25, -0.2) is 4.39 Å². The lowest BCUT2D eigenvalue weighted by molar-refractivity contribution is -0.0125. The first-order valence-electron chi connectivity index (χ1n) is 5.34. The molecule has 1 saturated heterocycles. The van der Waals surface area contributed by atoms with Crippen molar-refractivity contribution in [3.8, 4) is 0 Å². The monoisotopic (exact) mass is 223 g/mol. The average molecular weight is 223 g/mol. The Morgan fingerprint density at radius 1 is 1.50 bits per heavy atom. The molecule has 0 radical (unpaired) electrons. The van der Waals surface area contributed by atoms with Crippen LogP contribution < -0.4 is 0 Å². The lowest BCUT2D eigenvalue weighted by atomic mass is 10.1. The van der Waals surface area contributed by atoms with Crippen molar-refractivity contribution in [1.29, 1.82) is 0 Å². The van der Waals surface area contributed by atoms with Gasteiger partial charge in [-0.3, -0.25) is 4.79 Å². The maximum absolute atomic E-state index is 13.4. The van der Waals surface area contributed by atoms with Gasteiger partial charge in [0.2, 0.25) is 0 Å². The second kappa shape index (κ2) is 4.61. The van der Waals surface area contributed by atoms with Gasteiger partial charge in [-0.15, -0.1) is 0 Å². The average Bonchev–Trinajstić information content (AvgIpc) is 2.29. The highest BCUT2D eigenvalue weighted by molar-refractivity contribution is 5.94. The Hall–Kier alpha value is -1.42. The number of ether oxygens (including phenoxy) is 1. The van der Waals surface area contributed by atoms with E-state index in [1.165, 1.54) is 12.1 Å². The number of carbonyl (C=O) groups excluding carboxylic acids is 1. The van der Waals surface area contributed by atoms with E-state index in [0.29, 0.717) is 19.7 Å². The molecule has 0 bridgehead atoms. The summed E-state index contributed by atoms with van der Waals surface area (Å²) < 4.78 is 18.8. The van der Waals surface area contributed by atoms with Crippen LogP contribution >= 0.6 is 0 Å². The molecule has 0 N–H and O–H groups in total. The van der Waals surface area contributed by atoms with Gasteiger partial charge in [0.15, 0.2) is 0 Å². The number of halogens is 1. The largest absolute Gasteiger partial charge is 0.375 e. The van der Waals surface area contributed by atoms with Gasteiger partial charge >= 0.3 is 0 Å². The Morgan fingerprint density at radius 2 is 2.25 bits per heavy atom. The minimum atomic E-state index is -0.466. The smallest absolute Gasteiger partial charge is 0.256 e. The van der Waals surface area contributed by atoms with Crippen molar-refractivity contribution in [2.45, 2.75) is 13.0 Å². The van der Waals surface area contributed by atoms with Crippen LogP contribution in [0.5, 0.6) is 0 Å². The molecule has 1 atom stereocenters. The molecule has 16 heavy (non-hydrogen) atoms. The number of morpholine rings is 1. The molecular formula is C12H14FNO2. The minimum Gasteiger partial charge on any atom is -0.375 e. The van der Waals surface area contributed by atoms with Crippen LogP contribution in [0.25, 0.3) is 0 Å². The Morgan fingerprint density at radius 3 is 2.94 bits per heavy atom. The first kappa shape index (κ1) is 11.1. The van der Waals surface area contributed by atoms with E-state index < -0.39 is 5.82 Å². The molecule has 0 saturated carbocycles. The summed E-state index contributed by atoms with van der Waals surface area (Å²) in [5.41, 5.74) is 0.136. The van der Waals surface area contributed by atoms with Gasteiger partial charge in [0.25, 0.3) is 5.91 Å². The Balaban J connectivity index is 2.16. The van der Waals surface area contributed by atoms with Crippen LogP contribution in [0.2, 0.25) is 0 Å². The maximum atomic E-state index is 13.4. The van der Waals surface area contributed by atoms with Gasteiger partial charge in [-0.2, -0.15) is 0 Å². The van der Waals surface area contributed by atoms with Crippen molar-refractivity contribution >= 4 is 5.91 Å². The van der Waals surface area contributed by atoms with Crippen LogP contribution in [0.1, 0.15) is 17.3 Å². The standard InChI is InChI=1S/C12H14FNO2/c1-9-8-14(6-7-16-9)12(15)10-4-2-3-5-11(10)13/h2-5,9H,6-8H2,1H3. The number of hydrogen-bond acceptors (Lipinski definition) is 2. The highest BCUT2D eigenvalue weighted by Gasteiger charge is 2.23. The topological polar surface area (TPSA) is 29.5 Å². The van der Waals surface area contributed by atoms with Crippen molar-refractivity contribution in [3.05, 3.63) is 35.6 Å². The zero-order valence-electron chi connectivity index (χ0n) is 9.15. The number of carbonyl (C=O) groups is 1. The molecule has 3 nitrogen and oxygen atoms in total. The van der Waals surface area contributed by atoms with E-state index in [1.807, 2.05) is 6.92 Å². The van der Waals surface area contributed by atoms with E-state index >= 15 is 0 Å². The van der Waals surface area contributed by atoms with E-state index in [9.17, 15) is 9.18 Å². The number of amides is 1. The summed E-state index contributed by atoms with van der Waals surface area (Å²) in [6, 6.07) is 6.06. The highest BCUT2D eigenvalue weighted by Crippen LogP contribution is 2.13. The second-order valence-corrected chi connectivity index (χ2v) is 3.91. The fourth-order valence-electron chi connectivity index (χ4n) is 1.81. The molecule has 1 aliphatic heterocycles. The lowest BCUT2D eigenvalue weighted by Gasteiger charge is -2.31. The number of hydrogen-bond donors (Lipinski definition) is 0. The number of rotatable bonds is 1. The molecule has 1 aromatic carbocycles. The molecule has 0 aromatic heterocycles. The van der Waals surface area contributed by atoms with Crippen molar-refractivity contribution in [1.82, 2.24) is 4.90 Å². The zero-order valence-corrected chi connectivity index (χ0v) is 9.15. The normalized spacial score (nSPS) is 20.9. The molecule has 2 rings (SSSR count).